The van der Waals surface area contributed by atoms with E-state index in [0.717, 1.165) is 34.7 Å². The number of hydrogen-bond acceptors (Lipinski definition) is 3. The Kier molecular flexibility index (Phi) is 6.22. The third-order valence-electron chi connectivity index (χ3n) is 4.20. The van der Waals surface area contributed by atoms with Crippen LogP contribution in [0.3, 0.4) is 0 Å². The SMILES string of the molecule is Cc1nc2ccccc2n1CCCNC(=O)C(C)Sc1ccc(Cl)cc1. The fourth-order valence-corrected chi connectivity index (χ4v) is 3.86. The number of fused-ring (bicyclic) bond motifs is 1. The summed E-state index contributed by atoms with van der Waals surface area (Å²) in [5, 5.41) is 3.58. The van der Waals surface area contributed by atoms with Crippen molar-refractivity contribution in [1.82, 2.24) is 14.9 Å². The van der Waals surface area contributed by atoms with Crippen molar-refractivity contribution in [3.8, 4) is 0 Å². The average Bonchev–Trinajstić information content (AvgIpc) is 2.95. The van der Waals surface area contributed by atoms with Gasteiger partial charge in [-0.3, -0.25) is 4.79 Å². The van der Waals surface area contributed by atoms with Crippen molar-refractivity contribution in [3.63, 3.8) is 0 Å². The number of aryl methyl sites for hydroxylation is 2. The molecule has 0 aliphatic carbocycles. The van der Waals surface area contributed by atoms with Crippen LogP contribution >= 0.6 is 23.4 Å². The van der Waals surface area contributed by atoms with Crippen LogP contribution in [0.4, 0.5) is 0 Å². The summed E-state index contributed by atoms with van der Waals surface area (Å²) in [5.74, 6) is 1.06. The highest BCUT2D eigenvalue weighted by Crippen LogP contribution is 2.24. The van der Waals surface area contributed by atoms with Crippen molar-refractivity contribution in [2.24, 2.45) is 0 Å². The number of aromatic nitrogens is 2. The number of hydrogen-bond donors (Lipinski definition) is 1. The molecule has 3 aromatic rings. The number of nitrogens with zero attached hydrogens (tertiary/aromatic N) is 2. The van der Waals surface area contributed by atoms with Crippen molar-refractivity contribution in [3.05, 3.63) is 59.4 Å². The number of imidazole rings is 1. The maximum atomic E-state index is 12.3. The molecule has 0 fully saturated rings. The maximum Gasteiger partial charge on any atom is 0.233 e. The first-order valence-electron chi connectivity index (χ1n) is 8.66. The van der Waals surface area contributed by atoms with Gasteiger partial charge in [0.1, 0.15) is 5.82 Å². The zero-order chi connectivity index (χ0) is 18.5. The molecule has 0 radical (unpaired) electrons. The second kappa shape index (κ2) is 8.60. The monoisotopic (exact) mass is 387 g/mol. The Morgan fingerprint density at radius 1 is 1.23 bits per heavy atom. The van der Waals surface area contributed by atoms with Crippen LogP contribution in [0.15, 0.2) is 53.4 Å². The van der Waals surface area contributed by atoms with Crippen LogP contribution in [0.1, 0.15) is 19.2 Å². The number of benzene rings is 2. The number of thioether (sulfide) groups is 1. The Hall–Kier alpha value is -1.98. The van der Waals surface area contributed by atoms with Crippen molar-refractivity contribution < 1.29 is 4.79 Å². The molecular weight excluding hydrogens is 366 g/mol. The van der Waals surface area contributed by atoms with E-state index in [1.807, 2.05) is 56.3 Å². The minimum absolute atomic E-state index is 0.0529. The lowest BCUT2D eigenvalue weighted by atomic mass is 10.3. The van der Waals surface area contributed by atoms with Gasteiger partial charge >= 0.3 is 0 Å². The summed E-state index contributed by atoms with van der Waals surface area (Å²) in [6.07, 6.45) is 0.866. The maximum absolute atomic E-state index is 12.3. The Bertz CT molecular complexity index is 892. The number of rotatable bonds is 7. The van der Waals surface area contributed by atoms with Crippen LogP contribution in [0.2, 0.25) is 5.02 Å². The van der Waals surface area contributed by atoms with E-state index in [9.17, 15) is 4.79 Å². The van der Waals surface area contributed by atoms with Crippen LogP contribution in [0.25, 0.3) is 11.0 Å². The fourth-order valence-electron chi connectivity index (χ4n) is 2.84. The molecule has 1 amide bonds. The molecule has 1 N–H and O–H groups in total. The van der Waals surface area contributed by atoms with Gasteiger partial charge in [0.15, 0.2) is 0 Å². The molecule has 136 valence electrons. The molecule has 0 aliphatic heterocycles. The molecule has 4 nitrogen and oxygen atoms in total. The molecule has 0 saturated heterocycles. The molecule has 1 aromatic heterocycles. The van der Waals surface area contributed by atoms with Gasteiger partial charge in [0.2, 0.25) is 5.91 Å². The Morgan fingerprint density at radius 2 is 1.96 bits per heavy atom. The van der Waals surface area contributed by atoms with Gasteiger partial charge in [-0.2, -0.15) is 0 Å². The van der Waals surface area contributed by atoms with Crippen molar-refractivity contribution in [1.29, 1.82) is 0 Å². The summed E-state index contributed by atoms with van der Waals surface area (Å²) < 4.78 is 2.20. The first-order valence-corrected chi connectivity index (χ1v) is 9.92. The zero-order valence-corrected chi connectivity index (χ0v) is 16.5. The summed E-state index contributed by atoms with van der Waals surface area (Å²) >= 11 is 7.42. The molecule has 0 saturated carbocycles. The van der Waals surface area contributed by atoms with Crippen LogP contribution in [-0.4, -0.2) is 27.3 Å². The molecule has 3 rings (SSSR count). The summed E-state index contributed by atoms with van der Waals surface area (Å²) in [6.45, 7) is 5.42. The predicted molar refractivity (Wildman–Crippen MR) is 109 cm³/mol. The lowest BCUT2D eigenvalue weighted by Crippen LogP contribution is -2.32. The van der Waals surface area contributed by atoms with E-state index in [4.69, 9.17) is 11.6 Å². The second-order valence-corrected chi connectivity index (χ2v) is 8.01. The quantitative estimate of drug-likeness (QED) is 0.472. The second-order valence-electron chi connectivity index (χ2n) is 6.16. The fraction of sp³-hybridized carbons (Fsp3) is 0.300. The normalized spacial score (nSPS) is 12.3. The molecule has 26 heavy (non-hydrogen) atoms. The highest BCUT2D eigenvalue weighted by Gasteiger charge is 2.14. The Morgan fingerprint density at radius 3 is 2.73 bits per heavy atom. The molecule has 2 aromatic carbocycles. The van der Waals surface area contributed by atoms with Gasteiger partial charge in [0, 0.05) is 23.0 Å². The summed E-state index contributed by atoms with van der Waals surface area (Å²) in [5.41, 5.74) is 2.16. The molecule has 6 heteroatoms. The van der Waals surface area contributed by atoms with E-state index in [0.29, 0.717) is 11.6 Å². The molecule has 0 spiro atoms. The smallest absolute Gasteiger partial charge is 0.233 e. The minimum atomic E-state index is -0.146. The molecule has 0 bridgehead atoms. The third-order valence-corrected chi connectivity index (χ3v) is 5.56. The first-order chi connectivity index (χ1) is 12.5. The van der Waals surface area contributed by atoms with Crippen molar-refractivity contribution in [2.75, 3.05) is 6.54 Å². The highest BCUT2D eigenvalue weighted by atomic mass is 35.5. The lowest BCUT2D eigenvalue weighted by Gasteiger charge is -2.13. The lowest BCUT2D eigenvalue weighted by molar-refractivity contribution is -0.120. The van der Waals surface area contributed by atoms with E-state index >= 15 is 0 Å². The average molecular weight is 388 g/mol. The van der Waals surface area contributed by atoms with Crippen LogP contribution in [0, 0.1) is 6.92 Å². The summed E-state index contributed by atoms with van der Waals surface area (Å²) in [7, 11) is 0. The minimum Gasteiger partial charge on any atom is -0.355 e. The van der Waals surface area contributed by atoms with Gasteiger partial charge in [0.25, 0.3) is 0 Å². The van der Waals surface area contributed by atoms with E-state index in [-0.39, 0.29) is 11.2 Å². The number of para-hydroxylation sites is 2. The third kappa shape index (κ3) is 4.59. The van der Waals surface area contributed by atoms with Gasteiger partial charge < -0.3 is 9.88 Å². The molecule has 1 unspecified atom stereocenters. The van der Waals surface area contributed by atoms with Gasteiger partial charge in [0.05, 0.1) is 16.3 Å². The van der Waals surface area contributed by atoms with Crippen LogP contribution in [0.5, 0.6) is 0 Å². The number of halogens is 1. The van der Waals surface area contributed by atoms with E-state index < -0.39 is 0 Å². The van der Waals surface area contributed by atoms with E-state index in [2.05, 4.69) is 20.9 Å². The van der Waals surface area contributed by atoms with Crippen LogP contribution < -0.4 is 5.32 Å². The Balaban J connectivity index is 1.47. The van der Waals surface area contributed by atoms with Crippen molar-refractivity contribution in [2.45, 2.75) is 37.0 Å². The number of nitrogens with one attached hydrogen (secondary N) is 1. The molecule has 1 heterocycles. The largest absolute Gasteiger partial charge is 0.355 e. The first kappa shape index (κ1) is 18.8. The van der Waals surface area contributed by atoms with E-state index in [1.54, 1.807) is 0 Å². The van der Waals surface area contributed by atoms with Crippen LogP contribution in [-0.2, 0) is 11.3 Å². The van der Waals surface area contributed by atoms with Gasteiger partial charge in [-0.1, -0.05) is 23.7 Å². The number of amides is 1. The zero-order valence-electron chi connectivity index (χ0n) is 14.9. The summed E-state index contributed by atoms with van der Waals surface area (Å²) in [4.78, 5) is 17.9. The molecule has 1 atom stereocenters. The van der Waals surface area contributed by atoms with Crippen molar-refractivity contribution >= 4 is 40.3 Å². The molecular formula is C20H22ClN3OS. The topological polar surface area (TPSA) is 46.9 Å². The highest BCUT2D eigenvalue weighted by molar-refractivity contribution is 8.00. The van der Waals surface area contributed by atoms with Gasteiger partial charge in [-0.25, -0.2) is 4.98 Å². The predicted octanol–water partition coefficient (Wildman–Crippen LogP) is 4.69. The number of carbonyl (C=O) groups is 1. The van der Waals surface area contributed by atoms with Gasteiger partial charge in [-0.05, 0) is 56.7 Å². The van der Waals surface area contributed by atoms with E-state index in [1.165, 1.54) is 11.8 Å². The standard InChI is InChI=1S/C20H22ClN3OS/c1-14(26-17-10-8-16(21)9-11-17)20(25)22-12-5-13-24-15(2)23-18-6-3-4-7-19(18)24/h3-4,6-11,14H,5,12-13H2,1-2H3,(H,22,25). The number of carbonyl (C=O) groups excluding carboxylic acids is 1. The summed E-state index contributed by atoms with van der Waals surface area (Å²) in [6, 6.07) is 15.7. The Labute approximate surface area is 163 Å². The molecule has 0 aliphatic rings. The van der Waals surface area contributed by atoms with Gasteiger partial charge in [-0.15, -0.1) is 11.8 Å².